The Morgan fingerprint density at radius 3 is 2.61 bits per heavy atom. The van der Waals surface area contributed by atoms with Gasteiger partial charge in [0.2, 0.25) is 0 Å². The summed E-state index contributed by atoms with van der Waals surface area (Å²) in [6.07, 6.45) is -0.0684. The quantitative estimate of drug-likeness (QED) is 0.822. The van der Waals surface area contributed by atoms with Crippen molar-refractivity contribution >= 4 is 27.5 Å². The second-order valence-electron chi connectivity index (χ2n) is 5.26. The highest BCUT2D eigenvalue weighted by molar-refractivity contribution is 9.10. The van der Waals surface area contributed by atoms with Crippen molar-refractivity contribution in [1.82, 2.24) is 5.32 Å². The first kappa shape index (κ1) is 15.7. The molecule has 1 unspecified atom stereocenters. The van der Waals surface area contributed by atoms with Gasteiger partial charge in [0.25, 0.3) is 0 Å². The summed E-state index contributed by atoms with van der Waals surface area (Å²) >= 11 is 8.97. The maximum atomic E-state index is 13.3. The molecule has 0 saturated heterocycles. The number of rotatable bonds is 4. The predicted octanol–water partition coefficient (Wildman–Crippen LogP) is 4.40. The molecule has 0 bridgehead atoms. The van der Waals surface area contributed by atoms with Gasteiger partial charge in [-0.1, -0.05) is 11.6 Å². The fraction of sp³-hybridized carbons (Fsp3) is 0.538. The molecular weight excluding hydrogens is 321 g/mol. The standard InChI is InChI=1S/C13H18BrClFNO/c1-8(7-17-13(2,3)4)18-12-6-11(16)10(15)5-9(12)14/h5-6,8,17H,7H2,1-4H3. The second kappa shape index (κ2) is 6.22. The molecule has 0 fully saturated rings. The zero-order valence-electron chi connectivity index (χ0n) is 11.0. The molecule has 0 radical (unpaired) electrons. The van der Waals surface area contributed by atoms with Gasteiger partial charge >= 0.3 is 0 Å². The minimum Gasteiger partial charge on any atom is -0.488 e. The SMILES string of the molecule is CC(CNC(C)(C)C)Oc1cc(F)c(Cl)cc1Br. The average molecular weight is 339 g/mol. The van der Waals surface area contributed by atoms with E-state index in [1.807, 2.05) is 6.92 Å². The van der Waals surface area contributed by atoms with Gasteiger partial charge in [0.15, 0.2) is 0 Å². The van der Waals surface area contributed by atoms with Gasteiger partial charge in [0.1, 0.15) is 17.7 Å². The van der Waals surface area contributed by atoms with Gasteiger partial charge in [-0.3, -0.25) is 0 Å². The number of nitrogens with one attached hydrogen (secondary N) is 1. The zero-order valence-corrected chi connectivity index (χ0v) is 13.3. The summed E-state index contributed by atoms with van der Waals surface area (Å²) < 4.78 is 19.7. The molecule has 0 aromatic heterocycles. The van der Waals surface area contributed by atoms with Gasteiger partial charge in [-0.05, 0) is 49.7 Å². The Morgan fingerprint density at radius 2 is 2.06 bits per heavy atom. The molecule has 2 nitrogen and oxygen atoms in total. The summed E-state index contributed by atoms with van der Waals surface area (Å²) in [5.41, 5.74) is 0.0279. The van der Waals surface area contributed by atoms with Crippen LogP contribution in [-0.4, -0.2) is 18.2 Å². The van der Waals surface area contributed by atoms with E-state index in [1.54, 1.807) is 0 Å². The van der Waals surface area contributed by atoms with Crippen molar-refractivity contribution in [3.8, 4) is 5.75 Å². The van der Waals surface area contributed by atoms with E-state index >= 15 is 0 Å². The highest BCUT2D eigenvalue weighted by Crippen LogP contribution is 2.31. The third-order valence-electron chi connectivity index (χ3n) is 2.22. The van der Waals surface area contributed by atoms with E-state index in [9.17, 15) is 4.39 Å². The maximum absolute atomic E-state index is 13.3. The smallest absolute Gasteiger partial charge is 0.145 e. The van der Waals surface area contributed by atoms with Gasteiger partial charge in [-0.15, -0.1) is 0 Å². The van der Waals surface area contributed by atoms with Crippen LogP contribution in [0.15, 0.2) is 16.6 Å². The van der Waals surface area contributed by atoms with E-state index in [0.29, 0.717) is 16.8 Å². The van der Waals surface area contributed by atoms with E-state index in [4.69, 9.17) is 16.3 Å². The van der Waals surface area contributed by atoms with E-state index in [2.05, 4.69) is 42.0 Å². The van der Waals surface area contributed by atoms with Crippen LogP contribution < -0.4 is 10.1 Å². The molecule has 1 aromatic carbocycles. The minimum atomic E-state index is -0.481. The molecule has 0 aliphatic carbocycles. The Balaban J connectivity index is 2.65. The van der Waals surface area contributed by atoms with Crippen molar-refractivity contribution in [2.24, 2.45) is 0 Å². The monoisotopic (exact) mass is 337 g/mol. The largest absolute Gasteiger partial charge is 0.488 e. The Bertz CT molecular complexity index is 420. The fourth-order valence-corrected chi connectivity index (χ4v) is 2.04. The maximum Gasteiger partial charge on any atom is 0.145 e. The number of halogens is 3. The average Bonchev–Trinajstić information content (AvgIpc) is 2.22. The molecule has 102 valence electrons. The fourth-order valence-electron chi connectivity index (χ4n) is 1.30. The second-order valence-corrected chi connectivity index (χ2v) is 6.52. The van der Waals surface area contributed by atoms with Gasteiger partial charge in [-0.25, -0.2) is 4.39 Å². The molecular formula is C13H18BrClFNO. The molecule has 0 aliphatic heterocycles. The first-order chi connectivity index (χ1) is 8.19. The lowest BCUT2D eigenvalue weighted by Crippen LogP contribution is -2.41. The van der Waals surface area contributed by atoms with E-state index < -0.39 is 5.82 Å². The molecule has 18 heavy (non-hydrogen) atoms. The highest BCUT2D eigenvalue weighted by atomic mass is 79.9. The van der Waals surface area contributed by atoms with Crippen molar-refractivity contribution in [3.63, 3.8) is 0 Å². The first-order valence-corrected chi connectivity index (χ1v) is 6.92. The minimum absolute atomic E-state index is 0.0279. The lowest BCUT2D eigenvalue weighted by molar-refractivity contribution is 0.201. The van der Waals surface area contributed by atoms with Crippen molar-refractivity contribution in [3.05, 3.63) is 27.4 Å². The molecule has 0 spiro atoms. The number of hydrogen-bond acceptors (Lipinski definition) is 2. The van der Waals surface area contributed by atoms with Gasteiger partial charge < -0.3 is 10.1 Å². The zero-order chi connectivity index (χ0) is 13.9. The van der Waals surface area contributed by atoms with Crippen molar-refractivity contribution in [2.75, 3.05) is 6.54 Å². The number of ether oxygens (including phenoxy) is 1. The summed E-state index contributed by atoms with van der Waals surface area (Å²) in [7, 11) is 0. The molecule has 0 heterocycles. The molecule has 0 amide bonds. The van der Waals surface area contributed by atoms with Crippen LogP contribution >= 0.6 is 27.5 Å². The van der Waals surface area contributed by atoms with Gasteiger partial charge in [0, 0.05) is 18.2 Å². The molecule has 1 aromatic rings. The number of benzene rings is 1. The topological polar surface area (TPSA) is 21.3 Å². The highest BCUT2D eigenvalue weighted by Gasteiger charge is 2.14. The van der Waals surface area contributed by atoms with Crippen LogP contribution in [0.1, 0.15) is 27.7 Å². The third-order valence-corrected chi connectivity index (χ3v) is 3.13. The summed E-state index contributed by atoms with van der Waals surface area (Å²) in [4.78, 5) is 0. The number of hydrogen-bond donors (Lipinski definition) is 1. The summed E-state index contributed by atoms with van der Waals surface area (Å²) in [5, 5.41) is 3.41. The predicted molar refractivity (Wildman–Crippen MR) is 77.0 cm³/mol. The lowest BCUT2D eigenvalue weighted by Gasteiger charge is -2.24. The van der Waals surface area contributed by atoms with Crippen LogP contribution in [0.25, 0.3) is 0 Å². The molecule has 0 saturated carbocycles. The van der Waals surface area contributed by atoms with Crippen LogP contribution in [0.3, 0.4) is 0 Å². The van der Waals surface area contributed by atoms with Crippen LogP contribution in [-0.2, 0) is 0 Å². The van der Waals surface area contributed by atoms with E-state index in [0.717, 1.165) is 0 Å². The van der Waals surface area contributed by atoms with Crippen LogP contribution in [0.5, 0.6) is 5.75 Å². The summed E-state index contributed by atoms with van der Waals surface area (Å²) in [5.74, 6) is -0.0223. The van der Waals surface area contributed by atoms with Crippen molar-refractivity contribution in [1.29, 1.82) is 0 Å². The first-order valence-electron chi connectivity index (χ1n) is 5.75. The lowest BCUT2D eigenvalue weighted by atomic mass is 10.1. The van der Waals surface area contributed by atoms with Crippen molar-refractivity contribution < 1.29 is 9.13 Å². The van der Waals surface area contributed by atoms with E-state index in [-0.39, 0.29) is 16.7 Å². The third kappa shape index (κ3) is 5.12. The molecule has 5 heteroatoms. The van der Waals surface area contributed by atoms with Crippen LogP contribution in [0, 0.1) is 5.82 Å². The van der Waals surface area contributed by atoms with Gasteiger partial charge in [0.05, 0.1) is 9.50 Å². The molecule has 0 aliphatic rings. The Morgan fingerprint density at radius 1 is 1.44 bits per heavy atom. The molecule has 1 rings (SSSR count). The van der Waals surface area contributed by atoms with Crippen LogP contribution in [0.4, 0.5) is 4.39 Å². The van der Waals surface area contributed by atoms with Gasteiger partial charge in [-0.2, -0.15) is 0 Å². The molecule has 1 N–H and O–H groups in total. The van der Waals surface area contributed by atoms with Crippen LogP contribution in [0.2, 0.25) is 5.02 Å². The Hall–Kier alpha value is -0.320. The Labute approximate surface area is 121 Å². The summed E-state index contributed by atoms with van der Waals surface area (Å²) in [6, 6.07) is 2.79. The van der Waals surface area contributed by atoms with Crippen molar-refractivity contribution in [2.45, 2.75) is 39.3 Å². The van der Waals surface area contributed by atoms with E-state index in [1.165, 1.54) is 12.1 Å². The summed E-state index contributed by atoms with van der Waals surface area (Å²) in [6.45, 7) is 8.85. The molecule has 1 atom stereocenters. The Kier molecular flexibility index (Phi) is 5.44. The normalized spacial score (nSPS) is 13.5.